The summed E-state index contributed by atoms with van der Waals surface area (Å²) in [6.07, 6.45) is -0.537. The second-order valence-electron chi connectivity index (χ2n) is 6.17. The number of rotatable bonds is 5. The average molecular weight is 414 g/mol. The summed E-state index contributed by atoms with van der Waals surface area (Å²) in [6, 6.07) is 12.3. The zero-order valence-corrected chi connectivity index (χ0v) is 15.2. The summed E-state index contributed by atoms with van der Waals surface area (Å²) >= 11 is 0. The van der Waals surface area contributed by atoms with Crippen LogP contribution in [-0.2, 0) is 12.7 Å². The topological polar surface area (TPSA) is 98.7 Å². The molecule has 30 heavy (non-hydrogen) atoms. The molecule has 0 spiro atoms. The van der Waals surface area contributed by atoms with Crippen LogP contribution in [0.5, 0.6) is 0 Å². The molecule has 3 heterocycles. The number of hydrogen-bond donors (Lipinski definition) is 1. The minimum absolute atomic E-state index is 0.237. The number of amides is 1. The van der Waals surface area contributed by atoms with E-state index in [1.807, 2.05) is 30.3 Å². The first-order valence-corrected chi connectivity index (χ1v) is 8.64. The Hall–Kier alpha value is -4.02. The molecule has 8 nitrogen and oxygen atoms in total. The Morgan fingerprint density at radius 1 is 1.17 bits per heavy atom. The van der Waals surface area contributed by atoms with Crippen molar-refractivity contribution in [2.45, 2.75) is 12.7 Å². The third-order valence-electron chi connectivity index (χ3n) is 4.05. The van der Waals surface area contributed by atoms with E-state index in [0.29, 0.717) is 12.1 Å². The average Bonchev–Trinajstić information content (AvgIpc) is 3.43. The fourth-order valence-electron chi connectivity index (χ4n) is 2.58. The van der Waals surface area contributed by atoms with Crippen LogP contribution in [0.25, 0.3) is 17.2 Å². The van der Waals surface area contributed by atoms with Crippen LogP contribution in [0.4, 0.5) is 13.2 Å². The first-order valence-electron chi connectivity index (χ1n) is 8.64. The first kappa shape index (κ1) is 19.3. The molecule has 4 aromatic rings. The van der Waals surface area contributed by atoms with E-state index in [2.05, 4.69) is 30.1 Å². The van der Waals surface area contributed by atoms with E-state index < -0.39 is 12.1 Å². The van der Waals surface area contributed by atoms with Crippen molar-refractivity contribution in [3.05, 3.63) is 78.1 Å². The van der Waals surface area contributed by atoms with Gasteiger partial charge in [-0.25, -0.2) is 9.67 Å². The van der Waals surface area contributed by atoms with Gasteiger partial charge in [0.1, 0.15) is 0 Å². The van der Waals surface area contributed by atoms with Crippen LogP contribution >= 0.6 is 0 Å². The molecule has 152 valence electrons. The summed E-state index contributed by atoms with van der Waals surface area (Å²) in [5, 5.41) is 10.2. The van der Waals surface area contributed by atoms with Gasteiger partial charge in [-0.1, -0.05) is 35.5 Å². The number of aromatic nitrogens is 5. The number of hydrogen-bond acceptors (Lipinski definition) is 6. The summed E-state index contributed by atoms with van der Waals surface area (Å²) in [5.41, 5.74) is 1.51. The second kappa shape index (κ2) is 7.78. The number of carbonyl (C=O) groups excluding carboxylic acids is 1. The second-order valence-corrected chi connectivity index (χ2v) is 6.17. The number of carbonyl (C=O) groups is 1. The molecular formula is C19H13F3N6O2. The molecule has 11 heteroatoms. The molecule has 0 bridgehead atoms. The molecule has 0 radical (unpaired) electrons. The van der Waals surface area contributed by atoms with Gasteiger partial charge in [0, 0.05) is 24.5 Å². The summed E-state index contributed by atoms with van der Waals surface area (Å²) in [7, 11) is 0. The van der Waals surface area contributed by atoms with E-state index in [0.717, 1.165) is 5.56 Å². The Kier molecular flexibility index (Phi) is 5.00. The maximum Gasteiger partial charge on any atom is 0.471 e. The Morgan fingerprint density at radius 3 is 2.70 bits per heavy atom. The summed E-state index contributed by atoms with van der Waals surface area (Å²) in [5.74, 6) is -1.73. The van der Waals surface area contributed by atoms with E-state index in [9.17, 15) is 18.0 Å². The van der Waals surface area contributed by atoms with Crippen molar-refractivity contribution in [1.82, 2.24) is 30.2 Å². The maximum atomic E-state index is 12.7. The minimum Gasteiger partial charge on any atom is -0.348 e. The van der Waals surface area contributed by atoms with Crippen LogP contribution in [0, 0.1) is 0 Å². The monoisotopic (exact) mass is 414 g/mol. The summed E-state index contributed by atoms with van der Waals surface area (Å²) in [4.78, 5) is 19.8. The molecule has 0 saturated heterocycles. The van der Waals surface area contributed by atoms with Gasteiger partial charge in [0.2, 0.25) is 5.82 Å². The van der Waals surface area contributed by atoms with Crippen molar-refractivity contribution in [2.75, 3.05) is 0 Å². The third-order valence-corrected chi connectivity index (χ3v) is 4.05. The normalized spacial score (nSPS) is 11.4. The molecule has 0 fully saturated rings. The molecule has 0 saturated carbocycles. The largest absolute Gasteiger partial charge is 0.471 e. The fraction of sp³-hybridized carbons (Fsp3) is 0.105. The number of pyridine rings is 1. The maximum absolute atomic E-state index is 12.7. The Labute approximate surface area is 167 Å². The van der Waals surface area contributed by atoms with Gasteiger partial charge in [-0.15, -0.1) is 0 Å². The number of alkyl halides is 3. The SMILES string of the molecule is O=C(NCc1ccccc1)c1cnn(-c2cc(-c3noc(C(F)(F)F)n3)ccn2)c1. The molecule has 0 aliphatic heterocycles. The first-order chi connectivity index (χ1) is 14.4. The highest BCUT2D eigenvalue weighted by molar-refractivity contribution is 5.93. The van der Waals surface area contributed by atoms with Crippen molar-refractivity contribution < 1.29 is 22.5 Å². The molecule has 0 aliphatic carbocycles. The molecule has 1 aromatic carbocycles. The van der Waals surface area contributed by atoms with Crippen LogP contribution in [0.2, 0.25) is 0 Å². The molecule has 4 rings (SSSR count). The van der Waals surface area contributed by atoms with Gasteiger partial charge in [0.15, 0.2) is 5.82 Å². The predicted molar refractivity (Wildman–Crippen MR) is 97.3 cm³/mol. The fourth-order valence-corrected chi connectivity index (χ4v) is 2.58. The Bertz CT molecular complexity index is 1170. The lowest BCUT2D eigenvalue weighted by Crippen LogP contribution is -2.22. The highest BCUT2D eigenvalue weighted by Gasteiger charge is 2.38. The zero-order chi connectivity index (χ0) is 21.1. The van der Waals surface area contributed by atoms with Crippen molar-refractivity contribution in [3.8, 4) is 17.2 Å². The molecule has 3 aromatic heterocycles. The van der Waals surface area contributed by atoms with Gasteiger partial charge in [-0.2, -0.15) is 23.3 Å². The van der Waals surface area contributed by atoms with Crippen molar-refractivity contribution in [2.24, 2.45) is 0 Å². The van der Waals surface area contributed by atoms with Gasteiger partial charge in [-0.3, -0.25) is 4.79 Å². The lowest BCUT2D eigenvalue weighted by Gasteiger charge is -2.03. The highest BCUT2D eigenvalue weighted by atomic mass is 19.4. The van der Waals surface area contributed by atoms with Gasteiger partial charge < -0.3 is 9.84 Å². The van der Waals surface area contributed by atoms with Crippen molar-refractivity contribution >= 4 is 5.91 Å². The van der Waals surface area contributed by atoms with Gasteiger partial charge >= 0.3 is 12.1 Å². The van der Waals surface area contributed by atoms with Crippen molar-refractivity contribution in [3.63, 3.8) is 0 Å². The summed E-state index contributed by atoms with van der Waals surface area (Å²) in [6.45, 7) is 0.359. The molecule has 1 amide bonds. The minimum atomic E-state index is -4.73. The van der Waals surface area contributed by atoms with Crippen LogP contribution < -0.4 is 5.32 Å². The van der Waals surface area contributed by atoms with Crippen LogP contribution in [0.1, 0.15) is 21.8 Å². The molecule has 0 unspecified atom stereocenters. The van der Waals surface area contributed by atoms with Gasteiger partial charge in [0.25, 0.3) is 5.91 Å². The Morgan fingerprint density at radius 2 is 1.97 bits per heavy atom. The van der Waals surface area contributed by atoms with E-state index in [-0.39, 0.29) is 23.1 Å². The van der Waals surface area contributed by atoms with Crippen LogP contribution in [0.3, 0.4) is 0 Å². The predicted octanol–water partition coefficient (Wildman–Crippen LogP) is 3.27. The molecule has 0 atom stereocenters. The van der Waals surface area contributed by atoms with E-state index in [1.165, 1.54) is 35.4 Å². The van der Waals surface area contributed by atoms with Crippen LogP contribution in [-0.4, -0.2) is 30.8 Å². The lowest BCUT2D eigenvalue weighted by molar-refractivity contribution is -0.159. The van der Waals surface area contributed by atoms with E-state index in [4.69, 9.17) is 0 Å². The van der Waals surface area contributed by atoms with E-state index >= 15 is 0 Å². The number of nitrogens with zero attached hydrogens (tertiary/aromatic N) is 5. The smallest absolute Gasteiger partial charge is 0.348 e. The number of halogens is 3. The lowest BCUT2D eigenvalue weighted by atomic mass is 10.2. The number of nitrogens with one attached hydrogen (secondary N) is 1. The zero-order valence-electron chi connectivity index (χ0n) is 15.2. The Balaban J connectivity index is 1.50. The highest BCUT2D eigenvalue weighted by Crippen LogP contribution is 2.29. The number of benzene rings is 1. The molecular weight excluding hydrogens is 401 g/mol. The van der Waals surface area contributed by atoms with Gasteiger partial charge in [0.05, 0.1) is 11.8 Å². The standard InChI is InChI=1S/C19H13F3N6O2/c20-19(21,22)18-26-16(27-30-18)13-6-7-23-15(8-13)28-11-14(10-25-28)17(29)24-9-12-4-2-1-3-5-12/h1-8,10-11H,9H2,(H,24,29). The van der Waals surface area contributed by atoms with Gasteiger partial charge in [-0.05, 0) is 17.7 Å². The quantitative estimate of drug-likeness (QED) is 0.538. The molecule has 1 N–H and O–H groups in total. The van der Waals surface area contributed by atoms with E-state index in [1.54, 1.807) is 0 Å². The summed E-state index contributed by atoms with van der Waals surface area (Å²) < 4.78 is 43.5. The third kappa shape index (κ3) is 4.19. The molecule has 0 aliphatic rings. The van der Waals surface area contributed by atoms with Crippen LogP contribution in [0.15, 0.2) is 65.6 Å². The van der Waals surface area contributed by atoms with Crippen molar-refractivity contribution in [1.29, 1.82) is 0 Å².